The van der Waals surface area contributed by atoms with Crippen molar-refractivity contribution in [3.63, 3.8) is 0 Å². The van der Waals surface area contributed by atoms with Crippen LogP contribution in [-0.2, 0) is 6.42 Å². The lowest BCUT2D eigenvalue weighted by Gasteiger charge is -2.19. The maximum Gasteiger partial charge on any atom is 0.153 e. The molecule has 0 heterocycles. The topological polar surface area (TPSA) is 43.4 Å². The van der Waals surface area contributed by atoms with Gasteiger partial charge in [-0.25, -0.2) is 0 Å². The van der Waals surface area contributed by atoms with Crippen LogP contribution in [0.3, 0.4) is 0 Å². The zero-order valence-corrected chi connectivity index (χ0v) is 14.7. The molecule has 0 radical (unpaired) electrons. The Hall–Kier alpha value is -1.64. The van der Waals surface area contributed by atoms with Crippen LogP contribution in [0.15, 0.2) is 12.1 Å². The average Bonchev–Trinajstić information content (AvgIpc) is 2.48. The molecule has 0 fully saturated rings. The Morgan fingerprint density at radius 3 is 1.57 bits per heavy atom. The van der Waals surface area contributed by atoms with E-state index in [1.807, 2.05) is 27.7 Å². The molecule has 0 bridgehead atoms. The van der Waals surface area contributed by atoms with Crippen LogP contribution >= 0.6 is 0 Å². The first-order chi connectivity index (χ1) is 9.91. The Bertz CT molecular complexity index is 400. The first kappa shape index (κ1) is 21.7. The van der Waals surface area contributed by atoms with Gasteiger partial charge in [-0.1, -0.05) is 48.5 Å². The molecule has 120 valence electrons. The van der Waals surface area contributed by atoms with Crippen LogP contribution in [0.4, 0.5) is 0 Å². The number of ether oxygens (including phenoxy) is 1. The fourth-order valence-electron chi connectivity index (χ4n) is 1.86. The van der Waals surface area contributed by atoms with Crippen molar-refractivity contribution in [2.24, 2.45) is 5.41 Å². The Kier molecular flexibility index (Phi) is 11.4. The van der Waals surface area contributed by atoms with E-state index in [2.05, 4.69) is 20.8 Å². The van der Waals surface area contributed by atoms with Gasteiger partial charge in [0.15, 0.2) is 12.6 Å². The van der Waals surface area contributed by atoms with Crippen LogP contribution in [0.25, 0.3) is 0 Å². The molecule has 0 saturated carbocycles. The Morgan fingerprint density at radius 2 is 1.33 bits per heavy atom. The van der Waals surface area contributed by atoms with Gasteiger partial charge in [0.1, 0.15) is 5.75 Å². The van der Waals surface area contributed by atoms with E-state index >= 15 is 0 Å². The number of hydrogen-bond donors (Lipinski definition) is 0. The van der Waals surface area contributed by atoms with Gasteiger partial charge in [0.05, 0.1) is 18.2 Å². The van der Waals surface area contributed by atoms with Gasteiger partial charge >= 0.3 is 0 Å². The third-order valence-electron chi connectivity index (χ3n) is 2.40. The number of methoxy groups -OCH3 is 1. The van der Waals surface area contributed by atoms with E-state index in [4.69, 9.17) is 4.74 Å². The summed E-state index contributed by atoms with van der Waals surface area (Å²) in [6.07, 6.45) is 2.24. The van der Waals surface area contributed by atoms with Crippen LogP contribution in [0.5, 0.6) is 5.75 Å². The van der Waals surface area contributed by atoms with E-state index in [0.29, 0.717) is 16.9 Å². The zero-order chi connectivity index (χ0) is 17.1. The molecule has 1 aromatic carbocycles. The number of carbonyl (C=O) groups excluding carboxylic acids is 2. The fourth-order valence-corrected chi connectivity index (χ4v) is 1.86. The second-order valence-corrected chi connectivity index (χ2v) is 5.28. The zero-order valence-electron chi connectivity index (χ0n) is 14.7. The van der Waals surface area contributed by atoms with Crippen LogP contribution in [0.2, 0.25) is 0 Å². The summed E-state index contributed by atoms with van der Waals surface area (Å²) in [5, 5.41) is 0. The van der Waals surface area contributed by atoms with Crippen molar-refractivity contribution in [3.8, 4) is 5.75 Å². The molecule has 1 aromatic rings. The third-order valence-corrected chi connectivity index (χ3v) is 2.40. The van der Waals surface area contributed by atoms with Crippen molar-refractivity contribution in [1.82, 2.24) is 0 Å². The maximum absolute atomic E-state index is 11.0. The Morgan fingerprint density at radius 1 is 0.952 bits per heavy atom. The fraction of sp³-hybridized carbons (Fsp3) is 0.556. The van der Waals surface area contributed by atoms with E-state index in [1.165, 1.54) is 7.11 Å². The number of hydrogen-bond acceptors (Lipinski definition) is 3. The summed E-state index contributed by atoms with van der Waals surface area (Å²) in [4.78, 5) is 22.0. The predicted octanol–water partition coefficient (Wildman–Crippen LogP) is 4.96. The second-order valence-electron chi connectivity index (χ2n) is 5.28. The van der Waals surface area contributed by atoms with Gasteiger partial charge in [-0.15, -0.1) is 0 Å². The number of aldehydes is 2. The lowest BCUT2D eigenvalue weighted by Crippen LogP contribution is -2.10. The molecule has 0 aromatic heterocycles. The smallest absolute Gasteiger partial charge is 0.153 e. The highest BCUT2D eigenvalue weighted by atomic mass is 16.5. The van der Waals surface area contributed by atoms with Crippen LogP contribution < -0.4 is 4.74 Å². The van der Waals surface area contributed by atoms with Crippen LogP contribution in [0.1, 0.15) is 74.7 Å². The number of benzene rings is 1. The molecular formula is C18H30O3. The summed E-state index contributed by atoms with van der Waals surface area (Å²) >= 11 is 0. The number of carbonyl (C=O) groups is 2. The molecule has 0 N–H and O–H groups in total. The van der Waals surface area contributed by atoms with Crippen LogP contribution in [0, 0.1) is 5.41 Å². The Labute approximate surface area is 129 Å². The summed E-state index contributed by atoms with van der Waals surface area (Å²) in [5.41, 5.74) is 1.93. The average molecular weight is 294 g/mol. The van der Waals surface area contributed by atoms with E-state index in [0.717, 1.165) is 24.6 Å². The predicted molar refractivity (Wildman–Crippen MR) is 89.6 cm³/mol. The molecule has 0 amide bonds. The van der Waals surface area contributed by atoms with Gasteiger partial charge in [0, 0.05) is 0 Å². The summed E-state index contributed by atoms with van der Waals surface area (Å²) in [7, 11) is 1.46. The first-order valence-electron chi connectivity index (χ1n) is 7.52. The monoisotopic (exact) mass is 294 g/mol. The SMILES string of the molecule is CC.CC.COc1c(C=O)cc(CC(C)(C)C)cc1C=O. The highest BCUT2D eigenvalue weighted by molar-refractivity contribution is 5.89. The molecule has 0 aliphatic heterocycles. The lowest BCUT2D eigenvalue weighted by atomic mass is 9.87. The lowest BCUT2D eigenvalue weighted by molar-refractivity contribution is 0.111. The maximum atomic E-state index is 11.0. The molecular weight excluding hydrogens is 264 g/mol. The normalized spacial score (nSPS) is 9.52. The molecule has 0 spiro atoms. The van der Waals surface area contributed by atoms with Crippen LogP contribution in [-0.4, -0.2) is 19.7 Å². The standard InChI is InChI=1S/C14H18O3.2C2H6/c1-14(2,3)7-10-5-11(8-15)13(17-4)12(6-10)9-16;2*1-2/h5-6,8-9H,7H2,1-4H3;2*1-2H3. The minimum Gasteiger partial charge on any atom is -0.495 e. The first-order valence-corrected chi connectivity index (χ1v) is 7.52. The van der Waals surface area contributed by atoms with Crippen molar-refractivity contribution in [2.45, 2.75) is 54.9 Å². The highest BCUT2D eigenvalue weighted by Gasteiger charge is 2.15. The second kappa shape index (κ2) is 11.1. The van der Waals surface area contributed by atoms with Gasteiger partial charge in [-0.05, 0) is 29.5 Å². The molecule has 0 unspecified atom stereocenters. The minimum absolute atomic E-state index is 0.106. The summed E-state index contributed by atoms with van der Waals surface area (Å²) in [6, 6.07) is 3.56. The molecule has 3 heteroatoms. The third kappa shape index (κ3) is 7.64. The molecule has 0 aliphatic rings. The summed E-state index contributed by atoms with van der Waals surface area (Å²) in [6.45, 7) is 14.3. The molecule has 0 saturated heterocycles. The van der Waals surface area contributed by atoms with E-state index in [9.17, 15) is 9.59 Å². The van der Waals surface area contributed by atoms with E-state index in [1.54, 1.807) is 12.1 Å². The molecule has 3 nitrogen and oxygen atoms in total. The van der Waals surface area contributed by atoms with Gasteiger partial charge in [-0.3, -0.25) is 9.59 Å². The highest BCUT2D eigenvalue weighted by Crippen LogP contribution is 2.27. The van der Waals surface area contributed by atoms with Crippen molar-refractivity contribution in [1.29, 1.82) is 0 Å². The molecule has 1 rings (SSSR count). The van der Waals surface area contributed by atoms with Gasteiger partial charge < -0.3 is 4.74 Å². The van der Waals surface area contributed by atoms with Crippen molar-refractivity contribution in [3.05, 3.63) is 28.8 Å². The molecule has 0 atom stereocenters. The number of rotatable bonds is 4. The van der Waals surface area contributed by atoms with Gasteiger partial charge in [-0.2, -0.15) is 0 Å². The molecule has 21 heavy (non-hydrogen) atoms. The largest absolute Gasteiger partial charge is 0.495 e. The van der Waals surface area contributed by atoms with E-state index < -0.39 is 0 Å². The summed E-state index contributed by atoms with van der Waals surface area (Å²) < 4.78 is 5.08. The summed E-state index contributed by atoms with van der Waals surface area (Å²) in [5.74, 6) is 0.354. The van der Waals surface area contributed by atoms with Gasteiger partial charge in [0.2, 0.25) is 0 Å². The van der Waals surface area contributed by atoms with Gasteiger partial charge in [0.25, 0.3) is 0 Å². The van der Waals surface area contributed by atoms with Crippen molar-refractivity contribution in [2.75, 3.05) is 7.11 Å². The molecule has 0 aliphatic carbocycles. The van der Waals surface area contributed by atoms with Crippen molar-refractivity contribution < 1.29 is 14.3 Å². The Balaban J connectivity index is 0. The quantitative estimate of drug-likeness (QED) is 0.737. The van der Waals surface area contributed by atoms with E-state index in [-0.39, 0.29) is 5.41 Å². The minimum atomic E-state index is 0.106. The van der Waals surface area contributed by atoms with Crippen molar-refractivity contribution >= 4 is 12.6 Å².